The predicted octanol–water partition coefficient (Wildman–Crippen LogP) is 3.67. The summed E-state index contributed by atoms with van der Waals surface area (Å²) in [5.74, 6) is 0.896. The van der Waals surface area contributed by atoms with Crippen LogP contribution in [0.25, 0.3) is 5.57 Å². The van der Waals surface area contributed by atoms with Crippen molar-refractivity contribution in [3.05, 3.63) is 48.1 Å². The Balaban J connectivity index is 2.86. The van der Waals surface area contributed by atoms with Gasteiger partial charge in [0.15, 0.2) is 0 Å². The van der Waals surface area contributed by atoms with Gasteiger partial charge in [0.05, 0.1) is 7.11 Å². The lowest BCUT2D eigenvalue weighted by Crippen LogP contribution is -1.83. The van der Waals surface area contributed by atoms with E-state index < -0.39 is 0 Å². The molecule has 14 heavy (non-hydrogen) atoms. The van der Waals surface area contributed by atoms with Crippen LogP contribution in [0.15, 0.2) is 42.5 Å². The fraction of sp³-hybridized carbons (Fsp3) is 0.231. The summed E-state index contributed by atoms with van der Waals surface area (Å²) in [5.41, 5.74) is 2.48. The lowest BCUT2D eigenvalue weighted by molar-refractivity contribution is 0.415. The van der Waals surface area contributed by atoms with Gasteiger partial charge in [-0.1, -0.05) is 30.4 Å². The third-order valence-corrected chi connectivity index (χ3v) is 2.08. The second-order valence-electron chi connectivity index (χ2n) is 3.10. The summed E-state index contributed by atoms with van der Waals surface area (Å²) in [6, 6.07) is 8.08. The smallest absolute Gasteiger partial charge is 0.118 e. The van der Waals surface area contributed by atoms with E-state index in [-0.39, 0.29) is 0 Å². The highest BCUT2D eigenvalue weighted by Gasteiger charge is 1.94. The van der Waals surface area contributed by atoms with Gasteiger partial charge in [-0.3, -0.25) is 0 Å². The van der Waals surface area contributed by atoms with Crippen molar-refractivity contribution in [1.29, 1.82) is 0 Å². The van der Waals surface area contributed by atoms with E-state index in [1.54, 1.807) is 7.11 Å². The topological polar surface area (TPSA) is 9.23 Å². The van der Waals surface area contributed by atoms with E-state index in [0.29, 0.717) is 0 Å². The highest BCUT2D eigenvalue weighted by atomic mass is 16.5. The number of ether oxygens (including phenoxy) is 1. The van der Waals surface area contributed by atoms with Gasteiger partial charge in [-0.2, -0.15) is 0 Å². The van der Waals surface area contributed by atoms with E-state index in [2.05, 4.69) is 25.1 Å². The van der Waals surface area contributed by atoms with E-state index in [9.17, 15) is 0 Å². The molecule has 0 bridgehead atoms. The molecule has 1 heteroatoms. The third-order valence-electron chi connectivity index (χ3n) is 2.08. The molecule has 1 aromatic rings. The normalized spacial score (nSPS) is 12.1. The monoisotopic (exact) mass is 188 g/mol. The molecule has 1 rings (SSSR count). The van der Waals surface area contributed by atoms with Crippen molar-refractivity contribution in [2.75, 3.05) is 7.11 Å². The standard InChI is InChI=1S/C13H16O/c1-4-5-6-11(2)12-7-9-13(14-3)10-8-12/h4-10H,1-3H3/b5-4+,11-6+. The minimum absolute atomic E-state index is 0.896. The SMILES string of the molecule is C/C=C/C=C(\C)c1ccc(OC)cc1. The van der Waals surface area contributed by atoms with Crippen LogP contribution >= 0.6 is 0 Å². The minimum atomic E-state index is 0.896. The van der Waals surface area contributed by atoms with Crippen molar-refractivity contribution in [1.82, 2.24) is 0 Å². The van der Waals surface area contributed by atoms with Gasteiger partial charge < -0.3 is 4.74 Å². The predicted molar refractivity (Wildman–Crippen MR) is 61.5 cm³/mol. The molecule has 0 heterocycles. The molecule has 0 spiro atoms. The molecule has 0 saturated heterocycles. The average molecular weight is 188 g/mol. The van der Waals surface area contributed by atoms with Gasteiger partial charge >= 0.3 is 0 Å². The second-order valence-corrected chi connectivity index (χ2v) is 3.10. The number of allylic oxidation sites excluding steroid dienone is 4. The molecule has 1 aromatic carbocycles. The zero-order chi connectivity index (χ0) is 10.4. The van der Waals surface area contributed by atoms with Gasteiger partial charge in [-0.05, 0) is 37.1 Å². The Bertz CT molecular complexity index is 331. The van der Waals surface area contributed by atoms with E-state index >= 15 is 0 Å². The summed E-state index contributed by atoms with van der Waals surface area (Å²) in [5, 5.41) is 0. The molecule has 74 valence electrons. The van der Waals surface area contributed by atoms with Crippen LogP contribution < -0.4 is 4.74 Å². The summed E-state index contributed by atoms with van der Waals surface area (Å²) >= 11 is 0. The number of methoxy groups -OCH3 is 1. The summed E-state index contributed by atoms with van der Waals surface area (Å²) in [6.45, 7) is 4.11. The fourth-order valence-electron chi connectivity index (χ4n) is 1.19. The summed E-state index contributed by atoms with van der Waals surface area (Å²) < 4.78 is 5.10. The molecule has 0 unspecified atom stereocenters. The number of hydrogen-bond donors (Lipinski definition) is 0. The molecule has 0 radical (unpaired) electrons. The van der Waals surface area contributed by atoms with E-state index in [1.807, 2.05) is 31.2 Å². The minimum Gasteiger partial charge on any atom is -0.497 e. The lowest BCUT2D eigenvalue weighted by atomic mass is 10.1. The van der Waals surface area contributed by atoms with Crippen LogP contribution in [-0.4, -0.2) is 7.11 Å². The molecule has 0 aliphatic rings. The Hall–Kier alpha value is -1.50. The summed E-state index contributed by atoms with van der Waals surface area (Å²) in [4.78, 5) is 0. The lowest BCUT2D eigenvalue weighted by Gasteiger charge is -2.02. The molecule has 0 N–H and O–H groups in total. The van der Waals surface area contributed by atoms with Crippen LogP contribution in [0.2, 0.25) is 0 Å². The van der Waals surface area contributed by atoms with Gasteiger partial charge in [0.2, 0.25) is 0 Å². The third kappa shape index (κ3) is 2.77. The van der Waals surface area contributed by atoms with E-state index in [0.717, 1.165) is 5.75 Å². The molecule has 0 fully saturated rings. The first-order valence-electron chi connectivity index (χ1n) is 4.72. The van der Waals surface area contributed by atoms with Crippen molar-refractivity contribution < 1.29 is 4.74 Å². The summed E-state index contributed by atoms with van der Waals surface area (Å²) in [6.07, 6.45) is 6.16. The number of benzene rings is 1. The zero-order valence-corrected chi connectivity index (χ0v) is 8.95. The zero-order valence-electron chi connectivity index (χ0n) is 8.95. The second kappa shape index (κ2) is 5.28. The summed E-state index contributed by atoms with van der Waals surface area (Å²) in [7, 11) is 1.68. The molecule has 1 nitrogen and oxygen atoms in total. The van der Waals surface area contributed by atoms with Crippen LogP contribution in [0.5, 0.6) is 5.75 Å². The van der Waals surface area contributed by atoms with Gasteiger partial charge in [-0.15, -0.1) is 0 Å². The fourth-order valence-corrected chi connectivity index (χ4v) is 1.19. The Kier molecular flexibility index (Phi) is 3.99. The highest BCUT2D eigenvalue weighted by molar-refractivity contribution is 5.65. The molecule has 0 aliphatic carbocycles. The maximum absolute atomic E-state index is 5.10. The largest absolute Gasteiger partial charge is 0.497 e. The molecule has 0 aromatic heterocycles. The van der Waals surface area contributed by atoms with Crippen molar-refractivity contribution >= 4 is 5.57 Å². The maximum Gasteiger partial charge on any atom is 0.118 e. The highest BCUT2D eigenvalue weighted by Crippen LogP contribution is 2.17. The molecule has 0 saturated carbocycles. The van der Waals surface area contributed by atoms with Crippen molar-refractivity contribution in [3.63, 3.8) is 0 Å². The first-order chi connectivity index (χ1) is 6.77. The Morgan fingerprint density at radius 3 is 2.36 bits per heavy atom. The van der Waals surface area contributed by atoms with Crippen LogP contribution in [0.1, 0.15) is 19.4 Å². The van der Waals surface area contributed by atoms with Crippen LogP contribution in [0, 0.1) is 0 Å². The van der Waals surface area contributed by atoms with Gasteiger partial charge in [-0.25, -0.2) is 0 Å². The molecular weight excluding hydrogens is 172 g/mol. The molecular formula is C13H16O. The van der Waals surface area contributed by atoms with Crippen molar-refractivity contribution in [2.45, 2.75) is 13.8 Å². The molecule has 0 aliphatic heterocycles. The van der Waals surface area contributed by atoms with Gasteiger partial charge in [0.1, 0.15) is 5.75 Å². The Labute approximate surface area is 85.7 Å². The van der Waals surface area contributed by atoms with Crippen molar-refractivity contribution in [3.8, 4) is 5.75 Å². The number of rotatable bonds is 3. The van der Waals surface area contributed by atoms with Crippen molar-refractivity contribution in [2.24, 2.45) is 0 Å². The van der Waals surface area contributed by atoms with E-state index in [4.69, 9.17) is 4.74 Å². The average Bonchev–Trinajstić information content (AvgIpc) is 2.26. The Morgan fingerprint density at radius 2 is 1.86 bits per heavy atom. The van der Waals surface area contributed by atoms with Gasteiger partial charge in [0.25, 0.3) is 0 Å². The first-order valence-corrected chi connectivity index (χ1v) is 4.72. The molecule has 0 amide bonds. The van der Waals surface area contributed by atoms with Crippen LogP contribution in [0.3, 0.4) is 0 Å². The first kappa shape index (κ1) is 10.6. The quantitative estimate of drug-likeness (QED) is 0.657. The molecule has 0 atom stereocenters. The Morgan fingerprint density at radius 1 is 1.21 bits per heavy atom. The van der Waals surface area contributed by atoms with Crippen LogP contribution in [-0.2, 0) is 0 Å². The van der Waals surface area contributed by atoms with Gasteiger partial charge in [0, 0.05) is 0 Å². The maximum atomic E-state index is 5.10. The van der Waals surface area contributed by atoms with E-state index in [1.165, 1.54) is 11.1 Å². The van der Waals surface area contributed by atoms with Crippen LogP contribution in [0.4, 0.5) is 0 Å². The number of hydrogen-bond acceptors (Lipinski definition) is 1.